The van der Waals surface area contributed by atoms with Crippen LogP contribution in [0.5, 0.6) is 0 Å². The Hall–Kier alpha value is -0.730. The standard InChI is InChI=1S/C10H19N3/c11-10(12)13-6-5-8-3-1-2-4-9(8)7-13/h8-9H,1-7H2,(H3,11,12). The highest BCUT2D eigenvalue weighted by atomic mass is 15.2. The molecule has 0 aromatic rings. The van der Waals surface area contributed by atoms with E-state index in [4.69, 9.17) is 11.1 Å². The van der Waals surface area contributed by atoms with Crippen molar-refractivity contribution in [3.63, 3.8) is 0 Å². The van der Waals surface area contributed by atoms with E-state index in [0.29, 0.717) is 0 Å². The first-order valence-electron chi connectivity index (χ1n) is 5.36. The van der Waals surface area contributed by atoms with Gasteiger partial charge in [0.2, 0.25) is 0 Å². The minimum absolute atomic E-state index is 0.268. The van der Waals surface area contributed by atoms with Gasteiger partial charge in [0.15, 0.2) is 5.96 Å². The van der Waals surface area contributed by atoms with Gasteiger partial charge in [-0.25, -0.2) is 0 Å². The fourth-order valence-corrected chi connectivity index (χ4v) is 2.82. The quantitative estimate of drug-likeness (QED) is 0.438. The van der Waals surface area contributed by atoms with Gasteiger partial charge in [-0.2, -0.15) is 0 Å². The summed E-state index contributed by atoms with van der Waals surface area (Å²) in [6.45, 7) is 2.05. The molecule has 0 radical (unpaired) electrons. The molecule has 74 valence electrons. The lowest BCUT2D eigenvalue weighted by Crippen LogP contribution is -2.47. The molecular weight excluding hydrogens is 162 g/mol. The van der Waals surface area contributed by atoms with Crippen LogP contribution in [0, 0.1) is 17.2 Å². The Morgan fingerprint density at radius 3 is 2.54 bits per heavy atom. The van der Waals surface area contributed by atoms with Crippen molar-refractivity contribution in [1.82, 2.24) is 4.90 Å². The molecule has 3 heteroatoms. The van der Waals surface area contributed by atoms with E-state index < -0.39 is 0 Å². The lowest BCUT2D eigenvalue weighted by Gasteiger charge is -2.41. The van der Waals surface area contributed by atoms with Crippen LogP contribution in [0.25, 0.3) is 0 Å². The summed E-state index contributed by atoms with van der Waals surface area (Å²) in [5.74, 6) is 2.03. The lowest BCUT2D eigenvalue weighted by atomic mass is 9.75. The molecule has 3 nitrogen and oxygen atoms in total. The lowest BCUT2D eigenvalue weighted by molar-refractivity contribution is 0.129. The highest BCUT2D eigenvalue weighted by Crippen LogP contribution is 2.35. The maximum Gasteiger partial charge on any atom is 0.188 e. The molecule has 1 aliphatic carbocycles. The number of nitrogens with one attached hydrogen (secondary N) is 1. The van der Waals surface area contributed by atoms with Crippen molar-refractivity contribution < 1.29 is 0 Å². The van der Waals surface area contributed by atoms with E-state index in [1.54, 1.807) is 0 Å². The van der Waals surface area contributed by atoms with Crippen LogP contribution in [-0.4, -0.2) is 23.9 Å². The van der Waals surface area contributed by atoms with E-state index >= 15 is 0 Å². The molecule has 3 N–H and O–H groups in total. The Morgan fingerprint density at radius 2 is 1.85 bits per heavy atom. The largest absolute Gasteiger partial charge is 0.370 e. The van der Waals surface area contributed by atoms with E-state index in [0.717, 1.165) is 24.9 Å². The first-order valence-corrected chi connectivity index (χ1v) is 5.36. The highest BCUT2D eigenvalue weighted by molar-refractivity contribution is 5.74. The normalized spacial score (nSPS) is 34.0. The molecule has 0 aromatic carbocycles. The minimum atomic E-state index is 0.268. The predicted molar refractivity (Wildman–Crippen MR) is 53.6 cm³/mol. The summed E-state index contributed by atoms with van der Waals surface area (Å²) < 4.78 is 0. The molecule has 2 rings (SSSR count). The second-order valence-corrected chi connectivity index (χ2v) is 4.42. The van der Waals surface area contributed by atoms with Gasteiger partial charge in [0, 0.05) is 13.1 Å². The molecule has 1 saturated carbocycles. The number of fused-ring (bicyclic) bond motifs is 1. The van der Waals surface area contributed by atoms with Gasteiger partial charge in [0.1, 0.15) is 0 Å². The number of guanidine groups is 1. The maximum absolute atomic E-state index is 7.40. The Balaban J connectivity index is 1.95. The summed E-state index contributed by atoms with van der Waals surface area (Å²) >= 11 is 0. The minimum Gasteiger partial charge on any atom is -0.370 e. The zero-order valence-corrected chi connectivity index (χ0v) is 8.13. The van der Waals surface area contributed by atoms with Gasteiger partial charge < -0.3 is 10.6 Å². The second-order valence-electron chi connectivity index (χ2n) is 4.42. The molecule has 1 aliphatic heterocycles. The average molecular weight is 181 g/mol. The summed E-state index contributed by atoms with van der Waals surface area (Å²) in [5, 5.41) is 7.40. The summed E-state index contributed by atoms with van der Waals surface area (Å²) in [4.78, 5) is 2.03. The first-order chi connectivity index (χ1) is 6.27. The topological polar surface area (TPSA) is 53.1 Å². The van der Waals surface area contributed by atoms with Crippen LogP contribution in [0.15, 0.2) is 0 Å². The van der Waals surface area contributed by atoms with Crippen molar-refractivity contribution in [2.45, 2.75) is 32.1 Å². The SMILES string of the molecule is N=C(N)N1CCC2CCCCC2C1. The van der Waals surface area contributed by atoms with Crippen LogP contribution in [0.1, 0.15) is 32.1 Å². The Morgan fingerprint density at radius 1 is 1.15 bits per heavy atom. The van der Waals surface area contributed by atoms with Crippen molar-refractivity contribution in [2.75, 3.05) is 13.1 Å². The number of nitrogens with two attached hydrogens (primary N) is 1. The monoisotopic (exact) mass is 181 g/mol. The molecule has 2 fully saturated rings. The third-order valence-corrected chi connectivity index (χ3v) is 3.63. The van der Waals surface area contributed by atoms with Crippen LogP contribution >= 0.6 is 0 Å². The molecule has 0 spiro atoms. The van der Waals surface area contributed by atoms with Crippen molar-refractivity contribution in [3.05, 3.63) is 0 Å². The van der Waals surface area contributed by atoms with E-state index in [1.165, 1.54) is 32.1 Å². The smallest absolute Gasteiger partial charge is 0.188 e. The van der Waals surface area contributed by atoms with Gasteiger partial charge in [-0.1, -0.05) is 19.3 Å². The Labute approximate surface area is 79.8 Å². The fourth-order valence-electron chi connectivity index (χ4n) is 2.82. The van der Waals surface area contributed by atoms with Crippen LogP contribution in [-0.2, 0) is 0 Å². The second kappa shape index (κ2) is 3.56. The molecule has 1 heterocycles. The number of likely N-dealkylation sites (tertiary alicyclic amines) is 1. The van der Waals surface area contributed by atoms with Crippen LogP contribution in [0.4, 0.5) is 0 Å². The number of hydrogen-bond donors (Lipinski definition) is 2. The average Bonchev–Trinajstić information content (AvgIpc) is 2.17. The molecule has 0 amide bonds. The Bertz CT molecular complexity index is 202. The molecule has 0 bridgehead atoms. The maximum atomic E-state index is 7.40. The molecule has 1 saturated heterocycles. The van der Waals surface area contributed by atoms with Crippen LogP contribution in [0.3, 0.4) is 0 Å². The van der Waals surface area contributed by atoms with Crippen molar-refractivity contribution in [1.29, 1.82) is 5.41 Å². The van der Waals surface area contributed by atoms with E-state index in [9.17, 15) is 0 Å². The van der Waals surface area contributed by atoms with Crippen LogP contribution < -0.4 is 5.73 Å². The third-order valence-electron chi connectivity index (χ3n) is 3.63. The van der Waals surface area contributed by atoms with Crippen molar-refractivity contribution in [3.8, 4) is 0 Å². The molecule has 13 heavy (non-hydrogen) atoms. The zero-order valence-electron chi connectivity index (χ0n) is 8.13. The predicted octanol–water partition coefficient (Wildman–Crippen LogP) is 1.39. The van der Waals surface area contributed by atoms with Crippen molar-refractivity contribution in [2.24, 2.45) is 17.6 Å². The molecule has 0 aromatic heterocycles. The molecule has 2 unspecified atom stereocenters. The van der Waals surface area contributed by atoms with Gasteiger partial charge in [0.25, 0.3) is 0 Å². The van der Waals surface area contributed by atoms with E-state index in [2.05, 4.69) is 0 Å². The number of piperidine rings is 1. The number of hydrogen-bond acceptors (Lipinski definition) is 1. The van der Waals surface area contributed by atoms with E-state index in [-0.39, 0.29) is 5.96 Å². The third kappa shape index (κ3) is 1.79. The first kappa shape index (κ1) is 8.85. The number of rotatable bonds is 0. The number of nitrogens with zero attached hydrogens (tertiary/aromatic N) is 1. The van der Waals surface area contributed by atoms with Gasteiger partial charge in [-0.05, 0) is 24.7 Å². The van der Waals surface area contributed by atoms with Crippen LogP contribution in [0.2, 0.25) is 0 Å². The molecule has 2 aliphatic rings. The van der Waals surface area contributed by atoms with Gasteiger partial charge in [0.05, 0.1) is 0 Å². The van der Waals surface area contributed by atoms with E-state index in [1.807, 2.05) is 4.90 Å². The zero-order chi connectivity index (χ0) is 9.26. The van der Waals surface area contributed by atoms with Gasteiger partial charge in [-0.3, -0.25) is 5.41 Å². The van der Waals surface area contributed by atoms with Gasteiger partial charge in [-0.15, -0.1) is 0 Å². The highest BCUT2D eigenvalue weighted by Gasteiger charge is 2.31. The fraction of sp³-hybridized carbons (Fsp3) is 0.900. The van der Waals surface area contributed by atoms with Crippen molar-refractivity contribution >= 4 is 5.96 Å². The summed E-state index contributed by atoms with van der Waals surface area (Å²) in [6, 6.07) is 0. The Kier molecular flexibility index (Phi) is 2.42. The summed E-state index contributed by atoms with van der Waals surface area (Å²) in [5.41, 5.74) is 5.50. The molecular formula is C10H19N3. The van der Waals surface area contributed by atoms with Gasteiger partial charge >= 0.3 is 0 Å². The molecule has 2 atom stereocenters. The summed E-state index contributed by atoms with van der Waals surface area (Å²) in [7, 11) is 0. The summed E-state index contributed by atoms with van der Waals surface area (Å²) in [6.07, 6.45) is 6.82.